The Morgan fingerprint density at radius 1 is 0.500 bits per heavy atom. The van der Waals surface area contributed by atoms with Gasteiger partial charge in [-0.2, -0.15) is 0 Å². The van der Waals surface area contributed by atoms with Crippen molar-refractivity contribution in [3.8, 4) is 32.5 Å². The maximum absolute atomic E-state index is 4.76. The van der Waals surface area contributed by atoms with Gasteiger partial charge < -0.3 is 0 Å². The van der Waals surface area contributed by atoms with Crippen LogP contribution in [0.2, 0.25) is 0 Å². The summed E-state index contributed by atoms with van der Waals surface area (Å²) in [6, 6.07) is 20.5. The third kappa shape index (κ3) is 2.58. The third-order valence-electron chi connectivity index (χ3n) is 3.31. The van der Waals surface area contributed by atoms with Gasteiger partial charge in [0.25, 0.3) is 0 Å². The molecule has 4 aromatic heterocycles. The normalized spacial score (nSPS) is 10.7. The molecule has 0 saturated carbocycles. The van der Waals surface area contributed by atoms with Crippen LogP contribution in [-0.4, -0.2) is 9.97 Å². The number of thiophene rings is 2. The van der Waals surface area contributed by atoms with Crippen LogP contribution in [0, 0.1) is 0 Å². The van der Waals surface area contributed by atoms with E-state index >= 15 is 0 Å². The van der Waals surface area contributed by atoms with Crippen molar-refractivity contribution in [1.82, 2.24) is 9.97 Å². The van der Waals surface area contributed by atoms with Crippen LogP contribution in [0.4, 0.5) is 0 Å². The summed E-state index contributed by atoms with van der Waals surface area (Å²) in [5.74, 6) is 0. The van der Waals surface area contributed by atoms with E-state index in [-0.39, 0.29) is 0 Å². The summed E-state index contributed by atoms with van der Waals surface area (Å²) in [5, 5.41) is 4.14. The fourth-order valence-electron chi connectivity index (χ4n) is 2.28. The van der Waals surface area contributed by atoms with Gasteiger partial charge in [0.15, 0.2) is 0 Å². The second kappa shape index (κ2) is 5.83. The molecule has 4 heteroatoms. The average molecular weight is 320 g/mol. The zero-order valence-electron chi connectivity index (χ0n) is 11.6. The minimum absolute atomic E-state index is 0.907. The number of pyridine rings is 2. The lowest BCUT2D eigenvalue weighted by Crippen LogP contribution is -1.90. The molecular weight excluding hydrogens is 308 g/mol. The summed E-state index contributed by atoms with van der Waals surface area (Å²) >= 11 is 3.40. The molecule has 0 aliphatic heterocycles. The minimum Gasteiger partial charge on any atom is -0.245 e. The van der Waals surface area contributed by atoms with Gasteiger partial charge in [-0.1, -0.05) is 24.3 Å². The maximum atomic E-state index is 4.76. The van der Waals surface area contributed by atoms with Gasteiger partial charge in [-0.15, -0.1) is 22.7 Å². The molecule has 0 bridgehead atoms. The molecule has 0 radical (unpaired) electrons. The Hall–Kier alpha value is -2.30. The highest BCUT2D eigenvalue weighted by molar-refractivity contribution is 7.13. The van der Waals surface area contributed by atoms with Crippen LogP contribution in [0.15, 0.2) is 71.4 Å². The van der Waals surface area contributed by atoms with Gasteiger partial charge in [0.05, 0.1) is 32.5 Å². The van der Waals surface area contributed by atoms with Gasteiger partial charge >= 0.3 is 0 Å². The topological polar surface area (TPSA) is 25.8 Å². The molecule has 0 atom stereocenters. The van der Waals surface area contributed by atoms with E-state index in [9.17, 15) is 0 Å². The van der Waals surface area contributed by atoms with Crippen LogP contribution in [-0.2, 0) is 0 Å². The predicted molar refractivity (Wildman–Crippen MR) is 94.1 cm³/mol. The summed E-state index contributed by atoms with van der Waals surface area (Å²) in [7, 11) is 0. The minimum atomic E-state index is 0.907. The number of nitrogens with zero attached hydrogens (tertiary/aromatic N) is 2. The lowest BCUT2D eigenvalue weighted by Gasteiger charge is -2.04. The third-order valence-corrected chi connectivity index (χ3v) is 5.09. The highest BCUT2D eigenvalue weighted by Crippen LogP contribution is 2.27. The molecule has 0 N–H and O–H groups in total. The van der Waals surface area contributed by atoms with E-state index in [0.29, 0.717) is 0 Å². The van der Waals surface area contributed by atoms with Crippen LogP contribution < -0.4 is 0 Å². The first-order chi connectivity index (χ1) is 10.9. The Morgan fingerprint density at radius 2 is 0.955 bits per heavy atom. The fraction of sp³-hybridized carbons (Fsp3) is 0. The lowest BCUT2D eigenvalue weighted by atomic mass is 10.2. The van der Waals surface area contributed by atoms with Crippen molar-refractivity contribution >= 4 is 22.7 Å². The number of hydrogen-bond donors (Lipinski definition) is 0. The summed E-state index contributed by atoms with van der Waals surface area (Å²) in [6.07, 6.45) is 0. The van der Waals surface area contributed by atoms with E-state index in [0.717, 1.165) is 22.8 Å². The van der Waals surface area contributed by atoms with Gasteiger partial charge in [0.1, 0.15) is 0 Å². The van der Waals surface area contributed by atoms with E-state index in [4.69, 9.17) is 9.97 Å². The predicted octanol–water partition coefficient (Wildman–Crippen LogP) is 5.60. The second-order valence-electron chi connectivity index (χ2n) is 4.77. The Balaban J connectivity index is 1.76. The Morgan fingerprint density at radius 3 is 1.36 bits per heavy atom. The molecule has 4 heterocycles. The first kappa shape index (κ1) is 13.4. The number of aromatic nitrogens is 2. The molecule has 22 heavy (non-hydrogen) atoms. The number of hydrogen-bond acceptors (Lipinski definition) is 4. The van der Waals surface area contributed by atoms with Crippen molar-refractivity contribution in [3.63, 3.8) is 0 Å². The molecule has 0 spiro atoms. The van der Waals surface area contributed by atoms with Crippen molar-refractivity contribution in [3.05, 3.63) is 71.4 Å². The Kier molecular flexibility index (Phi) is 3.54. The molecule has 0 aliphatic carbocycles. The van der Waals surface area contributed by atoms with Gasteiger partial charge in [-0.25, -0.2) is 9.97 Å². The van der Waals surface area contributed by atoms with Crippen molar-refractivity contribution < 1.29 is 0 Å². The summed E-state index contributed by atoms with van der Waals surface area (Å²) in [4.78, 5) is 11.9. The first-order valence-electron chi connectivity index (χ1n) is 6.92. The first-order valence-corrected chi connectivity index (χ1v) is 8.68. The number of rotatable bonds is 3. The van der Waals surface area contributed by atoms with Crippen molar-refractivity contribution in [2.24, 2.45) is 0 Å². The van der Waals surface area contributed by atoms with E-state index < -0.39 is 0 Å². The highest BCUT2D eigenvalue weighted by Gasteiger charge is 2.07. The van der Waals surface area contributed by atoms with Crippen LogP contribution >= 0.6 is 22.7 Å². The van der Waals surface area contributed by atoms with Crippen LogP contribution in [0.25, 0.3) is 32.5 Å². The molecule has 0 aliphatic rings. The van der Waals surface area contributed by atoms with Gasteiger partial charge in [0, 0.05) is 0 Å². The van der Waals surface area contributed by atoms with Crippen molar-refractivity contribution in [1.29, 1.82) is 0 Å². The monoisotopic (exact) mass is 320 g/mol. The van der Waals surface area contributed by atoms with Gasteiger partial charge in [-0.05, 0) is 47.2 Å². The smallest absolute Gasteiger partial charge is 0.0894 e. The lowest BCUT2D eigenvalue weighted by molar-refractivity contribution is 1.26. The maximum Gasteiger partial charge on any atom is 0.0894 e. The fourth-order valence-corrected chi connectivity index (χ4v) is 3.67. The largest absolute Gasteiger partial charge is 0.245 e. The second-order valence-corrected chi connectivity index (χ2v) is 6.67. The quantitative estimate of drug-likeness (QED) is 0.491. The molecule has 0 fully saturated rings. The van der Waals surface area contributed by atoms with Crippen molar-refractivity contribution in [2.45, 2.75) is 0 Å². The molecule has 0 aromatic carbocycles. The molecule has 2 nitrogen and oxygen atoms in total. The van der Waals surface area contributed by atoms with Crippen LogP contribution in [0.5, 0.6) is 0 Å². The van der Waals surface area contributed by atoms with Crippen LogP contribution in [0.3, 0.4) is 0 Å². The zero-order chi connectivity index (χ0) is 14.8. The van der Waals surface area contributed by atoms with E-state index in [1.807, 2.05) is 48.5 Å². The summed E-state index contributed by atoms with van der Waals surface area (Å²) in [5.41, 5.74) is 3.81. The standard InChI is InChI=1S/C18H12N2S2/c1-5-13(19-15(7-1)17-9-3-11-21-17)14-6-2-8-16(20-14)18-10-4-12-22-18/h1-12H. The molecule has 0 amide bonds. The van der Waals surface area contributed by atoms with Gasteiger partial charge in [-0.3, -0.25) is 0 Å². The molecule has 0 unspecified atom stereocenters. The molecule has 4 aromatic rings. The highest BCUT2D eigenvalue weighted by atomic mass is 32.1. The van der Waals surface area contributed by atoms with E-state index in [2.05, 4.69) is 22.9 Å². The Bertz CT molecular complexity index is 805. The molecule has 106 valence electrons. The van der Waals surface area contributed by atoms with E-state index in [1.54, 1.807) is 22.7 Å². The molecule has 0 saturated heterocycles. The van der Waals surface area contributed by atoms with E-state index in [1.165, 1.54) is 9.75 Å². The average Bonchev–Trinajstić information content (AvgIpc) is 3.29. The van der Waals surface area contributed by atoms with Crippen LogP contribution in [0.1, 0.15) is 0 Å². The Labute approximate surface area is 136 Å². The zero-order valence-corrected chi connectivity index (χ0v) is 13.3. The molecular formula is C18H12N2S2. The van der Waals surface area contributed by atoms with Gasteiger partial charge in [0.2, 0.25) is 0 Å². The molecule has 4 rings (SSSR count). The summed E-state index contributed by atoms with van der Waals surface area (Å²) < 4.78 is 0. The summed E-state index contributed by atoms with van der Waals surface area (Å²) in [6.45, 7) is 0. The SMILES string of the molecule is c1cc(-c2cccc(-c3cccs3)n2)nc(-c2cccs2)c1. The van der Waals surface area contributed by atoms with Crippen molar-refractivity contribution in [2.75, 3.05) is 0 Å².